The number of carbonyl (C=O) groups excluding carboxylic acids is 2. The molecular weight excluding hydrogens is 290 g/mol. The van der Waals surface area contributed by atoms with Crippen LogP contribution in [0.25, 0.3) is 0 Å². The van der Waals surface area contributed by atoms with Crippen molar-refractivity contribution in [3.05, 3.63) is 58.2 Å². The van der Waals surface area contributed by atoms with Gasteiger partial charge in [0.25, 0.3) is 0 Å². The van der Waals surface area contributed by atoms with Crippen LogP contribution in [0.5, 0.6) is 0 Å². The van der Waals surface area contributed by atoms with Crippen LogP contribution in [0.15, 0.2) is 42.5 Å². The van der Waals surface area contributed by atoms with E-state index in [4.69, 9.17) is 4.74 Å². The molecule has 0 aliphatic heterocycles. The molecule has 22 heavy (non-hydrogen) atoms. The van der Waals surface area contributed by atoms with E-state index in [0.29, 0.717) is 5.56 Å². The lowest BCUT2D eigenvalue weighted by Gasteiger charge is -2.21. The maximum absolute atomic E-state index is 12.0. The monoisotopic (exact) mass is 307 g/mol. The summed E-state index contributed by atoms with van der Waals surface area (Å²) in [6, 6.07) is 6.40. The molecule has 7 heteroatoms. The van der Waals surface area contributed by atoms with Crippen LogP contribution in [0.4, 0.5) is 0 Å². The highest BCUT2D eigenvalue weighted by molar-refractivity contribution is 5.91. The fraction of sp³-hybridized carbons (Fsp3) is 0.333. The fourth-order valence-electron chi connectivity index (χ4n) is 2.06. The molecule has 0 bridgehead atoms. The lowest BCUT2D eigenvalue weighted by atomic mass is 9.85. The van der Waals surface area contributed by atoms with Gasteiger partial charge in [-0.3, -0.25) is 10.1 Å². The second-order valence-electron chi connectivity index (χ2n) is 4.39. The van der Waals surface area contributed by atoms with Gasteiger partial charge in [0, 0.05) is 10.5 Å². The van der Waals surface area contributed by atoms with E-state index in [0.717, 1.165) is 7.11 Å². The molecule has 2 atom stereocenters. The van der Waals surface area contributed by atoms with Gasteiger partial charge < -0.3 is 9.47 Å². The molecule has 0 heterocycles. The number of carbonyl (C=O) groups is 2. The Hall–Kier alpha value is -2.70. The zero-order valence-corrected chi connectivity index (χ0v) is 12.4. The highest BCUT2D eigenvalue weighted by atomic mass is 16.6. The predicted octanol–water partition coefficient (Wildman–Crippen LogP) is 1.71. The molecule has 0 saturated carbocycles. The minimum absolute atomic E-state index is 0.00458. The minimum atomic E-state index is -1.77. The maximum Gasteiger partial charge on any atom is 0.382 e. The first-order valence-electron chi connectivity index (χ1n) is 6.56. The molecule has 0 aliphatic rings. The van der Waals surface area contributed by atoms with Crippen molar-refractivity contribution < 1.29 is 24.0 Å². The van der Waals surface area contributed by atoms with Crippen molar-refractivity contribution in [1.82, 2.24) is 0 Å². The van der Waals surface area contributed by atoms with Gasteiger partial charge in [0.05, 0.1) is 19.6 Å². The highest BCUT2D eigenvalue weighted by Gasteiger charge is 2.44. The van der Waals surface area contributed by atoms with Crippen molar-refractivity contribution in [3.63, 3.8) is 0 Å². The van der Waals surface area contributed by atoms with Crippen molar-refractivity contribution >= 4 is 11.9 Å². The number of rotatable bonds is 7. The van der Waals surface area contributed by atoms with Crippen LogP contribution in [-0.2, 0) is 19.1 Å². The lowest BCUT2D eigenvalue weighted by Crippen LogP contribution is -2.39. The second-order valence-corrected chi connectivity index (χ2v) is 4.39. The van der Waals surface area contributed by atoms with Gasteiger partial charge in [-0.25, -0.2) is 9.59 Å². The Morgan fingerprint density at radius 3 is 2.36 bits per heavy atom. The summed E-state index contributed by atoms with van der Waals surface area (Å²) in [5.41, 5.74) is 0.233. The molecule has 0 amide bonds. The zero-order chi connectivity index (χ0) is 16.7. The normalized spacial score (nSPS) is 12.8. The quantitative estimate of drug-likeness (QED) is 0.329. The van der Waals surface area contributed by atoms with E-state index >= 15 is 0 Å². The van der Waals surface area contributed by atoms with Gasteiger partial charge >= 0.3 is 18.0 Å². The fourth-order valence-corrected chi connectivity index (χ4v) is 2.06. The molecule has 0 fully saturated rings. The van der Waals surface area contributed by atoms with Crippen LogP contribution < -0.4 is 0 Å². The van der Waals surface area contributed by atoms with Gasteiger partial charge in [-0.1, -0.05) is 36.9 Å². The molecule has 0 radical (unpaired) electrons. The molecule has 0 spiro atoms. The number of hydrogen-bond acceptors (Lipinski definition) is 6. The summed E-state index contributed by atoms with van der Waals surface area (Å²) in [6.45, 7) is 5.10. The molecule has 0 aliphatic carbocycles. The first-order chi connectivity index (χ1) is 10.4. The summed E-state index contributed by atoms with van der Waals surface area (Å²) in [5, 5.41) is 11.4. The van der Waals surface area contributed by atoms with E-state index in [9.17, 15) is 19.7 Å². The van der Waals surface area contributed by atoms with Crippen LogP contribution >= 0.6 is 0 Å². The maximum atomic E-state index is 12.0. The van der Waals surface area contributed by atoms with Crippen molar-refractivity contribution in [1.29, 1.82) is 0 Å². The molecular formula is C15H17NO6. The number of benzene rings is 1. The number of methoxy groups -OCH3 is 1. The highest BCUT2D eigenvalue weighted by Crippen LogP contribution is 2.30. The number of esters is 2. The van der Waals surface area contributed by atoms with Gasteiger partial charge in [-0.15, -0.1) is 0 Å². The van der Waals surface area contributed by atoms with Crippen molar-refractivity contribution in [2.75, 3.05) is 13.7 Å². The Labute approximate surface area is 127 Å². The number of hydrogen-bond donors (Lipinski definition) is 0. The summed E-state index contributed by atoms with van der Waals surface area (Å²) in [5.74, 6) is -3.00. The van der Waals surface area contributed by atoms with Gasteiger partial charge in [-0.05, 0) is 12.5 Å². The van der Waals surface area contributed by atoms with Crippen LogP contribution in [-0.4, -0.2) is 36.6 Å². The van der Waals surface area contributed by atoms with E-state index in [1.807, 2.05) is 0 Å². The van der Waals surface area contributed by atoms with Crippen molar-refractivity contribution in [2.45, 2.75) is 18.9 Å². The standard InChI is InChI=1S/C15H17NO6/c1-4-22-15(18)13(16(19)20)12(10(2)14(17)21-3)11-8-6-5-7-9-11/h5-9,12-13H,2,4H2,1,3H3. The van der Waals surface area contributed by atoms with Crippen LogP contribution in [0, 0.1) is 10.1 Å². The number of ether oxygens (including phenoxy) is 2. The molecule has 0 N–H and O–H groups in total. The Kier molecular flexibility index (Phi) is 6.25. The molecule has 0 aromatic heterocycles. The lowest BCUT2D eigenvalue weighted by molar-refractivity contribution is -0.513. The summed E-state index contributed by atoms with van der Waals surface area (Å²) in [4.78, 5) is 34.3. The molecule has 2 unspecified atom stereocenters. The van der Waals surface area contributed by atoms with E-state index in [1.165, 1.54) is 0 Å². The minimum Gasteiger partial charge on any atom is -0.466 e. The van der Waals surface area contributed by atoms with Gasteiger partial charge in [0.15, 0.2) is 0 Å². The van der Waals surface area contributed by atoms with Crippen molar-refractivity contribution in [2.24, 2.45) is 0 Å². The second kappa shape index (κ2) is 7.92. The van der Waals surface area contributed by atoms with E-state index in [1.54, 1.807) is 37.3 Å². The van der Waals surface area contributed by atoms with Crippen LogP contribution in [0.3, 0.4) is 0 Å². The van der Waals surface area contributed by atoms with Crippen LogP contribution in [0.1, 0.15) is 18.4 Å². The Balaban J connectivity index is 3.34. The van der Waals surface area contributed by atoms with Gasteiger partial charge in [0.1, 0.15) is 0 Å². The first kappa shape index (κ1) is 17.4. The number of nitrogens with zero attached hydrogens (tertiary/aromatic N) is 1. The third-order valence-corrected chi connectivity index (χ3v) is 3.05. The van der Waals surface area contributed by atoms with Gasteiger partial charge in [-0.2, -0.15) is 0 Å². The molecule has 1 aromatic rings. The van der Waals surface area contributed by atoms with Crippen LogP contribution in [0.2, 0.25) is 0 Å². The molecule has 7 nitrogen and oxygen atoms in total. The Bertz CT molecular complexity index is 569. The van der Waals surface area contributed by atoms with E-state index < -0.39 is 28.8 Å². The average molecular weight is 307 g/mol. The van der Waals surface area contributed by atoms with E-state index in [-0.39, 0.29) is 12.2 Å². The SMILES string of the molecule is C=C(C(=O)OC)C(c1ccccc1)C(C(=O)OCC)[N+](=O)[O-]. The first-order valence-corrected chi connectivity index (χ1v) is 6.56. The molecule has 0 saturated heterocycles. The largest absolute Gasteiger partial charge is 0.466 e. The molecule has 118 valence electrons. The zero-order valence-electron chi connectivity index (χ0n) is 12.4. The predicted molar refractivity (Wildman–Crippen MR) is 77.8 cm³/mol. The molecule has 1 aromatic carbocycles. The topological polar surface area (TPSA) is 95.7 Å². The summed E-state index contributed by atoms with van der Waals surface area (Å²) in [6.07, 6.45) is 0. The smallest absolute Gasteiger partial charge is 0.382 e. The Morgan fingerprint density at radius 1 is 1.32 bits per heavy atom. The summed E-state index contributed by atoms with van der Waals surface area (Å²) >= 11 is 0. The third-order valence-electron chi connectivity index (χ3n) is 3.05. The third kappa shape index (κ3) is 3.91. The summed E-state index contributed by atoms with van der Waals surface area (Å²) < 4.78 is 9.33. The Morgan fingerprint density at radius 2 is 1.91 bits per heavy atom. The number of nitro groups is 1. The average Bonchev–Trinajstić information content (AvgIpc) is 2.51. The summed E-state index contributed by atoms with van der Waals surface area (Å²) in [7, 11) is 1.14. The van der Waals surface area contributed by atoms with E-state index in [2.05, 4.69) is 11.3 Å². The van der Waals surface area contributed by atoms with Crippen molar-refractivity contribution in [3.8, 4) is 0 Å². The molecule has 1 rings (SSSR count). The van der Waals surface area contributed by atoms with Gasteiger partial charge in [0.2, 0.25) is 0 Å².